The van der Waals surface area contributed by atoms with Crippen molar-refractivity contribution >= 4 is 27.5 Å². The van der Waals surface area contributed by atoms with Gasteiger partial charge in [-0.2, -0.15) is 0 Å². The Morgan fingerprint density at radius 1 is 0.635 bits per heavy atom. The molecule has 0 nitrogen and oxygen atoms in total. The molecule has 0 spiro atoms. The summed E-state index contributed by atoms with van der Waals surface area (Å²) in [7, 11) is 0. The topological polar surface area (TPSA) is 0 Å². The molecule has 52 heavy (non-hydrogen) atoms. The summed E-state index contributed by atoms with van der Waals surface area (Å²) >= 11 is 0. The molecule has 10 rings (SSSR count). The molecule has 4 aliphatic carbocycles. The average Bonchev–Trinajstić information content (AvgIpc) is 3.65. The zero-order valence-electron chi connectivity index (χ0n) is 29.0. The van der Waals surface area contributed by atoms with Crippen molar-refractivity contribution in [2.24, 2.45) is 5.92 Å². The van der Waals surface area contributed by atoms with Gasteiger partial charge in [0.15, 0.2) is 0 Å². The molecule has 0 aromatic heterocycles. The lowest BCUT2D eigenvalue weighted by atomic mass is 9.72. The highest BCUT2D eigenvalue weighted by Crippen LogP contribution is 2.62. The summed E-state index contributed by atoms with van der Waals surface area (Å²) in [6.07, 6.45) is 13.5. The molecule has 2 heteroatoms. The first kappa shape index (κ1) is 30.7. The van der Waals surface area contributed by atoms with Gasteiger partial charge in [0.05, 0.1) is 0 Å². The fourth-order valence-corrected chi connectivity index (χ4v) is 9.49. The van der Waals surface area contributed by atoms with Crippen molar-refractivity contribution in [3.63, 3.8) is 0 Å². The van der Waals surface area contributed by atoms with E-state index in [9.17, 15) is 4.39 Å². The number of hydrogen-bond acceptors (Lipinski definition) is 0. The Kier molecular flexibility index (Phi) is 6.76. The summed E-state index contributed by atoms with van der Waals surface area (Å²) in [5.41, 5.74) is 18.1. The van der Waals surface area contributed by atoms with E-state index in [1.54, 1.807) is 0 Å². The molecule has 0 heterocycles. The molecule has 2 atom stereocenters. The zero-order chi connectivity index (χ0) is 35.2. The van der Waals surface area contributed by atoms with Crippen molar-refractivity contribution in [1.29, 1.82) is 0 Å². The molecule has 6 aromatic carbocycles. The standard InChI is InChI=1S/C50H34F2/c1-28(2)25-42-44-29(3)33(21-23-38(44)41-26-32(51)27-43(52)48(41)42)34-22-24-40-47-35(34)19-12-20-39(47)49-45(30-13-6-4-7-14-30)36-17-10-11-18-37(36)46(50(40)49)31-15-8-5-9-16-31/h4-27,39,47H,1H2,2-3H3/b42-25+. The number of rotatable bonds is 4. The van der Waals surface area contributed by atoms with Gasteiger partial charge in [0.1, 0.15) is 11.6 Å². The molecule has 0 aliphatic heterocycles. The smallest absolute Gasteiger partial charge is 0.134 e. The predicted octanol–water partition coefficient (Wildman–Crippen LogP) is 13.4. The Balaban J connectivity index is 1.23. The maximum atomic E-state index is 15.5. The first-order valence-electron chi connectivity index (χ1n) is 17.9. The second-order valence-electron chi connectivity index (χ2n) is 14.4. The second-order valence-corrected chi connectivity index (χ2v) is 14.4. The van der Waals surface area contributed by atoms with E-state index in [1.807, 2.05) is 19.1 Å². The third-order valence-electron chi connectivity index (χ3n) is 11.4. The van der Waals surface area contributed by atoms with Gasteiger partial charge in [-0.3, -0.25) is 0 Å². The molecular weight excluding hydrogens is 639 g/mol. The van der Waals surface area contributed by atoms with Gasteiger partial charge in [-0.05, 0) is 114 Å². The van der Waals surface area contributed by atoms with E-state index in [-0.39, 0.29) is 11.8 Å². The molecule has 0 bridgehead atoms. The van der Waals surface area contributed by atoms with Crippen molar-refractivity contribution in [3.05, 3.63) is 208 Å². The van der Waals surface area contributed by atoms with Gasteiger partial charge in [-0.1, -0.05) is 146 Å². The van der Waals surface area contributed by atoms with E-state index in [0.717, 1.165) is 39.5 Å². The number of halogens is 2. The predicted molar refractivity (Wildman–Crippen MR) is 213 cm³/mol. The van der Waals surface area contributed by atoms with E-state index in [2.05, 4.69) is 135 Å². The lowest BCUT2D eigenvalue weighted by molar-refractivity contribution is 0.582. The third kappa shape index (κ3) is 4.31. The molecule has 4 aliphatic rings. The first-order chi connectivity index (χ1) is 25.4. The van der Waals surface area contributed by atoms with Crippen molar-refractivity contribution in [1.82, 2.24) is 0 Å². The van der Waals surface area contributed by atoms with Gasteiger partial charge in [-0.25, -0.2) is 8.78 Å². The highest BCUT2D eigenvalue weighted by atomic mass is 19.1. The summed E-state index contributed by atoms with van der Waals surface area (Å²) in [6.45, 7) is 8.15. The SMILES string of the molecule is C=C(C)/C=C1/c2c(F)cc(F)cc2-c2ccc(C3=CC=C4c5c(c(-c6ccccc6)c6ccccc6c5-c5ccccc5)C5C=CC=C3C45)c(C)c21. The van der Waals surface area contributed by atoms with Crippen molar-refractivity contribution in [2.45, 2.75) is 19.8 Å². The maximum Gasteiger partial charge on any atom is 0.134 e. The number of allylic oxidation sites excluding steroid dienone is 10. The summed E-state index contributed by atoms with van der Waals surface area (Å²) in [4.78, 5) is 0. The molecule has 0 amide bonds. The Bertz CT molecular complexity index is 2720. The molecule has 2 unspecified atom stereocenters. The molecule has 6 aromatic rings. The summed E-state index contributed by atoms with van der Waals surface area (Å²) in [6, 6.07) is 37.2. The van der Waals surface area contributed by atoms with Crippen molar-refractivity contribution in [2.75, 3.05) is 0 Å². The van der Waals surface area contributed by atoms with Crippen LogP contribution in [0.5, 0.6) is 0 Å². The first-order valence-corrected chi connectivity index (χ1v) is 17.9. The molecule has 0 saturated carbocycles. The minimum Gasteiger partial charge on any atom is -0.207 e. The van der Waals surface area contributed by atoms with Gasteiger partial charge in [0, 0.05) is 23.5 Å². The molecule has 0 saturated heterocycles. The van der Waals surface area contributed by atoms with Crippen LogP contribution in [0.3, 0.4) is 0 Å². The Labute approximate surface area is 302 Å². The van der Waals surface area contributed by atoms with E-state index in [1.165, 1.54) is 66.9 Å². The highest BCUT2D eigenvalue weighted by molar-refractivity contribution is 6.14. The van der Waals surface area contributed by atoms with Crippen LogP contribution in [-0.4, -0.2) is 0 Å². The maximum absolute atomic E-state index is 15.5. The fourth-order valence-electron chi connectivity index (χ4n) is 9.49. The lowest BCUT2D eigenvalue weighted by Crippen LogP contribution is -2.15. The average molecular weight is 673 g/mol. The van der Waals surface area contributed by atoms with E-state index in [4.69, 9.17) is 0 Å². The van der Waals surface area contributed by atoms with Crippen LogP contribution in [0.1, 0.15) is 46.2 Å². The quantitative estimate of drug-likeness (QED) is 0.175. The minimum absolute atomic E-state index is 0.128. The van der Waals surface area contributed by atoms with Crippen molar-refractivity contribution < 1.29 is 8.78 Å². The normalized spacial score (nSPS) is 18.4. The molecule has 248 valence electrons. The summed E-state index contributed by atoms with van der Waals surface area (Å²) in [5, 5.41) is 2.52. The van der Waals surface area contributed by atoms with Crippen LogP contribution < -0.4 is 0 Å². The zero-order valence-corrected chi connectivity index (χ0v) is 29.0. The minimum atomic E-state index is -0.573. The van der Waals surface area contributed by atoms with Gasteiger partial charge in [0.25, 0.3) is 0 Å². The van der Waals surface area contributed by atoms with Crippen LogP contribution in [0.4, 0.5) is 8.78 Å². The Hall–Kier alpha value is -6.12. The van der Waals surface area contributed by atoms with Crippen molar-refractivity contribution in [3.8, 4) is 33.4 Å². The number of fused-ring (bicyclic) bond motifs is 7. The molecule has 0 fully saturated rings. The van der Waals surface area contributed by atoms with Crippen LogP contribution in [0, 0.1) is 24.5 Å². The van der Waals surface area contributed by atoms with Crippen LogP contribution >= 0.6 is 0 Å². The van der Waals surface area contributed by atoms with Crippen LogP contribution in [0.2, 0.25) is 0 Å². The van der Waals surface area contributed by atoms with E-state index < -0.39 is 11.6 Å². The third-order valence-corrected chi connectivity index (χ3v) is 11.4. The van der Waals surface area contributed by atoms with E-state index in [0.29, 0.717) is 11.1 Å². The Morgan fingerprint density at radius 3 is 2.00 bits per heavy atom. The second kappa shape index (κ2) is 11.4. The lowest BCUT2D eigenvalue weighted by Gasteiger charge is -2.31. The molecule has 0 N–H and O–H groups in total. The number of benzene rings is 6. The molecule has 0 radical (unpaired) electrons. The van der Waals surface area contributed by atoms with Crippen LogP contribution in [0.15, 0.2) is 163 Å². The van der Waals surface area contributed by atoms with Crippen LogP contribution in [-0.2, 0) is 0 Å². The molecular formula is C50H34F2. The summed E-state index contributed by atoms with van der Waals surface area (Å²) < 4.78 is 30.1. The van der Waals surface area contributed by atoms with Crippen LogP contribution in [0.25, 0.3) is 60.9 Å². The monoisotopic (exact) mass is 672 g/mol. The Morgan fingerprint density at radius 2 is 1.29 bits per heavy atom. The van der Waals surface area contributed by atoms with E-state index >= 15 is 4.39 Å². The largest absolute Gasteiger partial charge is 0.207 e. The summed E-state index contributed by atoms with van der Waals surface area (Å²) in [5.74, 6) is -0.853. The van der Waals surface area contributed by atoms with Gasteiger partial charge in [-0.15, -0.1) is 0 Å². The fraction of sp³-hybridized carbons (Fsp3) is 0.0800. The van der Waals surface area contributed by atoms with Gasteiger partial charge >= 0.3 is 0 Å². The number of hydrogen-bond donors (Lipinski definition) is 0. The van der Waals surface area contributed by atoms with Gasteiger partial charge in [0.2, 0.25) is 0 Å². The van der Waals surface area contributed by atoms with Gasteiger partial charge < -0.3 is 0 Å². The highest BCUT2D eigenvalue weighted by Gasteiger charge is 2.45.